The van der Waals surface area contributed by atoms with Crippen molar-refractivity contribution in [3.05, 3.63) is 53.6 Å². The minimum atomic E-state index is -0.646. The number of amides is 1. The summed E-state index contributed by atoms with van der Waals surface area (Å²) >= 11 is 1.19. The van der Waals surface area contributed by atoms with E-state index in [0.717, 1.165) is 5.56 Å². The number of H-pyrrole nitrogens is 1. The molecule has 1 amide bonds. The number of rotatable bonds is 6. The molecule has 0 spiro atoms. The van der Waals surface area contributed by atoms with Crippen LogP contribution in [-0.2, 0) is 9.53 Å². The number of imidazole rings is 1. The quantitative estimate of drug-likeness (QED) is 0.509. The van der Waals surface area contributed by atoms with Crippen LogP contribution in [-0.4, -0.2) is 36.1 Å². The molecular weight excluding hydrogens is 354 g/mol. The number of hydrogen-bond acceptors (Lipinski definition) is 6. The molecule has 3 aromatic rings. The normalized spacial score (nSPS) is 11.9. The molecule has 1 aromatic heterocycles. The van der Waals surface area contributed by atoms with Gasteiger partial charge in [0.15, 0.2) is 5.16 Å². The molecule has 1 atom stereocenters. The number of primary amides is 1. The van der Waals surface area contributed by atoms with E-state index in [2.05, 4.69) is 9.97 Å². The molecule has 1 unspecified atom stereocenters. The van der Waals surface area contributed by atoms with E-state index in [1.807, 2.05) is 6.07 Å². The Morgan fingerprint density at radius 3 is 2.65 bits per heavy atom. The topological polar surface area (TPSA) is 107 Å². The van der Waals surface area contributed by atoms with E-state index in [-0.39, 0.29) is 0 Å². The van der Waals surface area contributed by atoms with Gasteiger partial charge in [-0.3, -0.25) is 9.59 Å². The Labute approximate surface area is 153 Å². The number of nitrogens with two attached hydrogens (primary N) is 1. The van der Waals surface area contributed by atoms with Gasteiger partial charge in [0, 0.05) is 0 Å². The molecule has 2 aromatic carbocycles. The summed E-state index contributed by atoms with van der Waals surface area (Å²) < 4.78 is 10.2. The van der Waals surface area contributed by atoms with Gasteiger partial charge in [-0.2, -0.15) is 0 Å². The summed E-state index contributed by atoms with van der Waals surface area (Å²) in [6, 6.07) is 12.3. The highest BCUT2D eigenvalue weighted by molar-refractivity contribution is 8.00. The van der Waals surface area contributed by atoms with Crippen LogP contribution in [0.2, 0.25) is 0 Å². The van der Waals surface area contributed by atoms with Crippen molar-refractivity contribution in [3.8, 4) is 5.75 Å². The molecule has 0 aliphatic heterocycles. The first kappa shape index (κ1) is 17.8. The van der Waals surface area contributed by atoms with Crippen LogP contribution in [0.3, 0.4) is 0 Å². The largest absolute Gasteiger partial charge is 0.497 e. The average Bonchev–Trinajstić information content (AvgIpc) is 3.08. The molecule has 0 aliphatic carbocycles. The minimum absolute atomic E-state index is 0.321. The van der Waals surface area contributed by atoms with Crippen LogP contribution in [0.4, 0.5) is 0 Å². The lowest BCUT2D eigenvalue weighted by atomic mass is 10.1. The Balaban J connectivity index is 1.99. The number of benzene rings is 2. The van der Waals surface area contributed by atoms with Crippen molar-refractivity contribution in [1.29, 1.82) is 0 Å². The zero-order valence-corrected chi connectivity index (χ0v) is 15.0. The molecule has 1 heterocycles. The Kier molecular flexibility index (Phi) is 5.13. The van der Waals surface area contributed by atoms with Gasteiger partial charge in [-0.05, 0) is 29.8 Å². The molecule has 3 rings (SSSR count). The van der Waals surface area contributed by atoms with Gasteiger partial charge in [0.2, 0.25) is 0 Å². The third-order valence-electron chi connectivity index (χ3n) is 3.80. The van der Waals surface area contributed by atoms with E-state index < -0.39 is 17.1 Å². The summed E-state index contributed by atoms with van der Waals surface area (Å²) in [6.45, 7) is 0. The van der Waals surface area contributed by atoms with Crippen molar-refractivity contribution in [2.45, 2.75) is 10.4 Å². The molecule has 0 aliphatic rings. The second kappa shape index (κ2) is 7.49. The highest BCUT2D eigenvalue weighted by atomic mass is 32.2. The fourth-order valence-corrected chi connectivity index (χ4v) is 3.55. The van der Waals surface area contributed by atoms with Gasteiger partial charge >= 0.3 is 5.97 Å². The van der Waals surface area contributed by atoms with Crippen molar-refractivity contribution >= 4 is 34.7 Å². The molecule has 0 saturated carbocycles. The number of hydrogen-bond donors (Lipinski definition) is 2. The van der Waals surface area contributed by atoms with Gasteiger partial charge in [0.25, 0.3) is 5.91 Å². The zero-order chi connectivity index (χ0) is 18.7. The number of carbonyl (C=O) groups is 2. The van der Waals surface area contributed by atoms with Crippen LogP contribution in [0.25, 0.3) is 11.0 Å². The Bertz CT molecular complexity index is 970. The summed E-state index contributed by atoms with van der Waals surface area (Å²) in [5.41, 5.74) is 7.57. The molecule has 26 heavy (non-hydrogen) atoms. The van der Waals surface area contributed by atoms with Gasteiger partial charge in [-0.25, -0.2) is 4.98 Å². The zero-order valence-electron chi connectivity index (χ0n) is 14.2. The van der Waals surface area contributed by atoms with Crippen molar-refractivity contribution < 1.29 is 19.1 Å². The standard InChI is InChI=1S/C18H17N3O4S/c1-24-11-6-3-5-10(9-11)15(17(23)25-2)26-18-20-13-8-4-7-12(16(19)22)14(13)21-18/h3-9,15H,1-2H3,(H2,19,22)(H,20,21). The number of carbonyl (C=O) groups excluding carboxylic acids is 2. The van der Waals surface area contributed by atoms with E-state index in [9.17, 15) is 9.59 Å². The summed E-state index contributed by atoms with van der Waals surface area (Å²) in [5, 5.41) is -0.167. The van der Waals surface area contributed by atoms with Crippen LogP contribution < -0.4 is 10.5 Å². The number of nitrogens with one attached hydrogen (secondary N) is 1. The highest BCUT2D eigenvalue weighted by Crippen LogP contribution is 2.37. The monoisotopic (exact) mass is 371 g/mol. The number of thioether (sulfide) groups is 1. The number of nitrogens with zero attached hydrogens (tertiary/aromatic N) is 1. The summed E-state index contributed by atoms with van der Waals surface area (Å²) in [5.74, 6) is -0.340. The van der Waals surface area contributed by atoms with Gasteiger partial charge in [-0.15, -0.1) is 0 Å². The molecule has 0 fully saturated rings. The maximum atomic E-state index is 12.3. The van der Waals surface area contributed by atoms with Crippen LogP contribution in [0.1, 0.15) is 21.2 Å². The third kappa shape index (κ3) is 3.50. The van der Waals surface area contributed by atoms with E-state index in [1.165, 1.54) is 18.9 Å². The van der Waals surface area contributed by atoms with E-state index >= 15 is 0 Å². The Hall–Kier alpha value is -3.00. The summed E-state index contributed by atoms with van der Waals surface area (Å²) in [7, 11) is 2.89. The first-order chi connectivity index (χ1) is 12.5. The van der Waals surface area contributed by atoms with Gasteiger partial charge in [0.05, 0.1) is 25.3 Å². The Morgan fingerprint density at radius 1 is 1.19 bits per heavy atom. The molecule has 134 valence electrons. The fourth-order valence-electron chi connectivity index (χ4n) is 2.54. The van der Waals surface area contributed by atoms with Crippen LogP contribution in [0.5, 0.6) is 5.75 Å². The van der Waals surface area contributed by atoms with Gasteiger partial charge in [0.1, 0.15) is 16.5 Å². The van der Waals surface area contributed by atoms with E-state index in [1.54, 1.807) is 43.5 Å². The molecule has 0 bridgehead atoms. The van der Waals surface area contributed by atoms with E-state index in [0.29, 0.717) is 27.5 Å². The number of aromatic nitrogens is 2. The lowest BCUT2D eigenvalue weighted by Gasteiger charge is -2.14. The summed E-state index contributed by atoms with van der Waals surface area (Å²) in [4.78, 5) is 31.4. The second-order valence-corrected chi connectivity index (χ2v) is 6.50. The first-order valence-electron chi connectivity index (χ1n) is 7.70. The number of methoxy groups -OCH3 is 2. The van der Waals surface area contributed by atoms with Crippen LogP contribution in [0.15, 0.2) is 47.6 Å². The minimum Gasteiger partial charge on any atom is -0.497 e. The predicted molar refractivity (Wildman–Crippen MR) is 98.2 cm³/mol. The smallest absolute Gasteiger partial charge is 0.323 e. The average molecular weight is 371 g/mol. The van der Waals surface area contributed by atoms with Crippen molar-refractivity contribution in [2.24, 2.45) is 5.73 Å². The molecule has 3 N–H and O–H groups in total. The third-order valence-corrected chi connectivity index (χ3v) is 4.91. The maximum absolute atomic E-state index is 12.3. The summed E-state index contributed by atoms with van der Waals surface area (Å²) in [6.07, 6.45) is 0. The number of fused-ring (bicyclic) bond motifs is 1. The molecule has 0 radical (unpaired) electrons. The maximum Gasteiger partial charge on any atom is 0.323 e. The number of para-hydroxylation sites is 1. The van der Waals surface area contributed by atoms with Gasteiger partial charge in [-0.1, -0.05) is 30.0 Å². The van der Waals surface area contributed by atoms with Crippen molar-refractivity contribution in [1.82, 2.24) is 9.97 Å². The predicted octanol–water partition coefficient (Wildman–Crippen LogP) is 2.68. The Morgan fingerprint density at radius 2 is 1.96 bits per heavy atom. The lowest BCUT2D eigenvalue weighted by Crippen LogP contribution is -2.12. The molecule has 7 nitrogen and oxygen atoms in total. The van der Waals surface area contributed by atoms with Crippen LogP contribution in [0, 0.1) is 0 Å². The SMILES string of the molecule is COC(=O)C(Sc1nc2c(C(N)=O)cccc2[nH]1)c1cccc(OC)c1. The lowest BCUT2D eigenvalue weighted by molar-refractivity contribution is -0.140. The molecule has 8 heteroatoms. The number of esters is 1. The fraction of sp³-hybridized carbons (Fsp3) is 0.167. The van der Waals surface area contributed by atoms with Crippen molar-refractivity contribution in [3.63, 3.8) is 0 Å². The number of ether oxygens (including phenoxy) is 2. The second-order valence-electron chi connectivity index (χ2n) is 5.41. The van der Waals surface area contributed by atoms with Crippen LogP contribution >= 0.6 is 11.8 Å². The van der Waals surface area contributed by atoms with Gasteiger partial charge < -0.3 is 20.2 Å². The number of aromatic amines is 1. The van der Waals surface area contributed by atoms with Crippen molar-refractivity contribution in [2.75, 3.05) is 14.2 Å². The first-order valence-corrected chi connectivity index (χ1v) is 8.58. The molecular formula is C18H17N3O4S. The molecule has 0 saturated heterocycles. The van der Waals surface area contributed by atoms with E-state index in [4.69, 9.17) is 15.2 Å². The highest BCUT2D eigenvalue weighted by Gasteiger charge is 2.25.